The van der Waals surface area contributed by atoms with Crippen molar-refractivity contribution in [2.24, 2.45) is 11.8 Å². The van der Waals surface area contributed by atoms with E-state index in [0.29, 0.717) is 11.8 Å². The maximum absolute atomic E-state index is 2.53. The van der Waals surface area contributed by atoms with Crippen molar-refractivity contribution in [3.05, 3.63) is 129 Å². The molecule has 0 nitrogen and oxygen atoms in total. The summed E-state index contributed by atoms with van der Waals surface area (Å²) in [6.45, 7) is 0. The van der Waals surface area contributed by atoms with Crippen LogP contribution < -0.4 is 0 Å². The molecule has 32 heavy (non-hydrogen) atoms. The fourth-order valence-corrected chi connectivity index (χ4v) is 6.95. The highest BCUT2D eigenvalue weighted by Gasteiger charge is 2.40. The van der Waals surface area contributed by atoms with E-state index >= 15 is 0 Å². The van der Waals surface area contributed by atoms with Crippen molar-refractivity contribution in [2.45, 2.75) is 25.7 Å². The number of allylic oxidation sites excluding steroid dienone is 6. The number of fused-ring (bicyclic) bond motifs is 4. The van der Waals surface area contributed by atoms with Crippen molar-refractivity contribution < 1.29 is 0 Å². The highest BCUT2D eigenvalue weighted by molar-refractivity contribution is 5.86. The average Bonchev–Trinajstić information content (AvgIpc) is 2.84. The van der Waals surface area contributed by atoms with Crippen molar-refractivity contribution >= 4 is 21.5 Å². The molecule has 0 saturated carbocycles. The first kappa shape index (κ1) is 17.2. The molecule has 4 aromatic carbocycles. The molecule has 0 spiro atoms. The van der Waals surface area contributed by atoms with Crippen LogP contribution in [-0.2, 0) is 25.7 Å². The summed E-state index contributed by atoms with van der Waals surface area (Å²) in [6, 6.07) is 27.5. The first-order valence-corrected chi connectivity index (χ1v) is 11.9. The molecule has 152 valence electrons. The van der Waals surface area contributed by atoms with E-state index in [1.54, 1.807) is 44.5 Å². The lowest BCUT2D eigenvalue weighted by Gasteiger charge is -2.45. The molecule has 0 unspecified atom stereocenters. The lowest BCUT2D eigenvalue weighted by atomic mass is 9.60. The quantitative estimate of drug-likeness (QED) is 0.268. The second kappa shape index (κ2) is 6.11. The number of benzene rings is 4. The molecule has 0 heteroatoms. The Morgan fingerprint density at radius 2 is 0.688 bits per heavy atom. The lowest BCUT2D eigenvalue weighted by molar-refractivity contribution is 0.605. The van der Waals surface area contributed by atoms with E-state index in [2.05, 4.69) is 84.9 Å². The minimum atomic E-state index is 0.518. The number of rotatable bonds is 0. The van der Waals surface area contributed by atoms with E-state index in [1.807, 2.05) is 0 Å². The van der Waals surface area contributed by atoms with Gasteiger partial charge in [0.1, 0.15) is 0 Å². The molecule has 0 fully saturated rings. The Kier molecular flexibility index (Phi) is 3.28. The third-order valence-electron chi connectivity index (χ3n) is 8.48. The van der Waals surface area contributed by atoms with Crippen molar-refractivity contribution in [2.75, 3.05) is 0 Å². The summed E-state index contributed by atoms with van der Waals surface area (Å²) in [5.41, 5.74) is 13.0. The van der Waals surface area contributed by atoms with Gasteiger partial charge in [-0.1, -0.05) is 107 Å². The van der Waals surface area contributed by atoms with Crippen LogP contribution in [0.5, 0.6) is 0 Å². The molecular formula is C32H24. The van der Waals surface area contributed by atoms with Crippen LogP contribution in [0.15, 0.2) is 107 Å². The summed E-state index contributed by atoms with van der Waals surface area (Å²) in [4.78, 5) is 0. The van der Waals surface area contributed by atoms with Gasteiger partial charge >= 0.3 is 0 Å². The third kappa shape index (κ3) is 2.28. The van der Waals surface area contributed by atoms with Gasteiger partial charge in [-0.15, -0.1) is 0 Å². The van der Waals surface area contributed by atoms with Crippen LogP contribution in [0.1, 0.15) is 22.3 Å². The predicted molar refractivity (Wildman–Crippen MR) is 133 cm³/mol. The largest absolute Gasteiger partial charge is 0.0764 e. The van der Waals surface area contributed by atoms with Crippen LogP contribution in [-0.4, -0.2) is 0 Å². The zero-order valence-corrected chi connectivity index (χ0v) is 18.1. The van der Waals surface area contributed by atoms with Crippen LogP contribution >= 0.6 is 0 Å². The van der Waals surface area contributed by atoms with Crippen LogP contribution in [0.4, 0.5) is 0 Å². The van der Waals surface area contributed by atoms with Crippen LogP contribution in [0.2, 0.25) is 0 Å². The molecule has 0 atom stereocenters. The molecular weight excluding hydrogens is 384 g/mol. The van der Waals surface area contributed by atoms with Crippen molar-refractivity contribution in [1.29, 1.82) is 0 Å². The van der Waals surface area contributed by atoms with E-state index < -0.39 is 0 Å². The molecule has 5 aliphatic rings. The van der Waals surface area contributed by atoms with Gasteiger partial charge in [-0.25, -0.2) is 0 Å². The van der Waals surface area contributed by atoms with Gasteiger partial charge in [0, 0.05) is 11.8 Å². The Balaban J connectivity index is 1.22. The van der Waals surface area contributed by atoms with Crippen molar-refractivity contribution in [3.8, 4) is 0 Å². The van der Waals surface area contributed by atoms with Gasteiger partial charge in [0.05, 0.1) is 0 Å². The van der Waals surface area contributed by atoms with Gasteiger partial charge in [-0.05, 0) is 69.5 Å². The standard InChI is InChI=1S/C32H24/c1-2-6-20-12-24-16-30-28-10-9-27(29(30)15-23(24)11-19(20)5-1)31-17-25-13-21-7-3-4-8-22(21)14-26(25)18-32(28)31/h1-14,27-28H,15-18H2. The molecule has 0 saturated heterocycles. The van der Waals surface area contributed by atoms with E-state index in [1.165, 1.54) is 21.5 Å². The van der Waals surface area contributed by atoms with Gasteiger partial charge in [0.25, 0.3) is 0 Å². The molecule has 0 heterocycles. The lowest BCUT2D eigenvalue weighted by Crippen LogP contribution is -2.33. The van der Waals surface area contributed by atoms with Gasteiger partial charge in [0.2, 0.25) is 0 Å². The summed E-state index contributed by atoms with van der Waals surface area (Å²) < 4.78 is 0. The first-order valence-electron chi connectivity index (χ1n) is 11.9. The predicted octanol–water partition coefficient (Wildman–Crippen LogP) is 7.30. The number of hydrogen-bond donors (Lipinski definition) is 0. The smallest absolute Gasteiger partial charge is 0.0200 e. The summed E-state index contributed by atoms with van der Waals surface area (Å²) in [5, 5.41) is 5.52. The SMILES string of the molecule is C1=CC2C3=C(Cc4cc5ccccc5cc4C3)C1C1=C2Cc2cc3ccccc3cc2C1. The fraction of sp³-hybridized carbons (Fsp3) is 0.188. The first-order chi connectivity index (χ1) is 15.8. The maximum Gasteiger partial charge on any atom is 0.0200 e. The summed E-state index contributed by atoms with van der Waals surface area (Å²) in [5.74, 6) is 1.04. The summed E-state index contributed by atoms with van der Waals surface area (Å²) in [6.07, 6.45) is 9.57. The maximum atomic E-state index is 2.53. The zero-order chi connectivity index (χ0) is 20.8. The fourth-order valence-electron chi connectivity index (χ4n) is 6.95. The van der Waals surface area contributed by atoms with Gasteiger partial charge in [-0.2, -0.15) is 0 Å². The summed E-state index contributed by atoms with van der Waals surface area (Å²) in [7, 11) is 0. The highest BCUT2D eigenvalue weighted by Crippen LogP contribution is 2.52. The molecule has 5 aliphatic carbocycles. The molecule has 0 N–H and O–H groups in total. The highest BCUT2D eigenvalue weighted by atomic mass is 14.4. The van der Waals surface area contributed by atoms with Crippen LogP contribution in [0.3, 0.4) is 0 Å². The zero-order valence-electron chi connectivity index (χ0n) is 18.1. The van der Waals surface area contributed by atoms with E-state index in [9.17, 15) is 0 Å². The van der Waals surface area contributed by atoms with Crippen molar-refractivity contribution in [3.63, 3.8) is 0 Å². The normalized spacial score (nSPS) is 22.8. The molecule has 2 bridgehead atoms. The average molecular weight is 409 g/mol. The monoisotopic (exact) mass is 408 g/mol. The van der Waals surface area contributed by atoms with Gasteiger partial charge in [-0.3, -0.25) is 0 Å². The van der Waals surface area contributed by atoms with E-state index in [0.717, 1.165) is 25.7 Å². The topological polar surface area (TPSA) is 0 Å². The molecule has 4 aromatic rings. The van der Waals surface area contributed by atoms with Gasteiger partial charge in [0.15, 0.2) is 0 Å². The van der Waals surface area contributed by atoms with Gasteiger partial charge < -0.3 is 0 Å². The Labute approximate surface area is 188 Å². The number of hydrogen-bond acceptors (Lipinski definition) is 0. The minimum Gasteiger partial charge on any atom is -0.0764 e. The van der Waals surface area contributed by atoms with Crippen LogP contribution in [0.25, 0.3) is 21.5 Å². The Bertz CT molecular complexity index is 1340. The molecule has 9 rings (SSSR count). The molecule has 0 amide bonds. The third-order valence-corrected chi connectivity index (χ3v) is 8.48. The molecule has 0 radical (unpaired) electrons. The Hall–Kier alpha value is -3.38. The summed E-state index contributed by atoms with van der Waals surface area (Å²) >= 11 is 0. The molecule has 0 aliphatic heterocycles. The molecule has 0 aromatic heterocycles. The van der Waals surface area contributed by atoms with E-state index in [4.69, 9.17) is 0 Å². The van der Waals surface area contributed by atoms with Crippen molar-refractivity contribution in [1.82, 2.24) is 0 Å². The Morgan fingerprint density at radius 3 is 0.969 bits per heavy atom. The van der Waals surface area contributed by atoms with Crippen LogP contribution in [0, 0.1) is 11.8 Å². The Morgan fingerprint density at radius 1 is 0.406 bits per heavy atom. The van der Waals surface area contributed by atoms with E-state index in [-0.39, 0.29) is 0 Å². The minimum absolute atomic E-state index is 0.518. The second-order valence-electron chi connectivity index (χ2n) is 10.1. The second-order valence-corrected chi connectivity index (χ2v) is 10.1.